The van der Waals surface area contributed by atoms with Crippen molar-refractivity contribution in [3.63, 3.8) is 0 Å². The summed E-state index contributed by atoms with van der Waals surface area (Å²) in [5, 5.41) is 3.08. The van der Waals surface area contributed by atoms with Crippen LogP contribution in [0.25, 0.3) is 0 Å². The van der Waals surface area contributed by atoms with Gasteiger partial charge in [-0.1, -0.05) is 35.9 Å². The number of amides is 1. The minimum Gasteiger partial charge on any atom is -0.494 e. The van der Waals surface area contributed by atoms with Gasteiger partial charge in [0.05, 0.1) is 13.0 Å². The van der Waals surface area contributed by atoms with Crippen molar-refractivity contribution < 1.29 is 13.9 Å². The fraction of sp³-hybridized carbons (Fsp3) is 0.235. The predicted molar refractivity (Wildman–Crippen MR) is 84.6 cm³/mol. The molecule has 1 amide bonds. The van der Waals surface area contributed by atoms with E-state index in [2.05, 4.69) is 5.32 Å². The summed E-state index contributed by atoms with van der Waals surface area (Å²) < 4.78 is 19.1. The number of carbonyl (C=O) groups is 1. The van der Waals surface area contributed by atoms with Crippen LogP contribution < -0.4 is 10.1 Å². The molecule has 22 heavy (non-hydrogen) atoms. The van der Waals surface area contributed by atoms with Crippen molar-refractivity contribution in [3.05, 3.63) is 64.4 Å². The third-order valence-electron chi connectivity index (χ3n) is 3.11. The molecule has 2 aromatic rings. The molecule has 3 nitrogen and oxygen atoms in total. The van der Waals surface area contributed by atoms with Crippen LogP contribution in [0.3, 0.4) is 0 Å². The number of ether oxygens (including phenoxy) is 1. The van der Waals surface area contributed by atoms with Gasteiger partial charge in [-0.05, 0) is 30.7 Å². The Balaban J connectivity index is 1.95. The topological polar surface area (TPSA) is 38.3 Å². The fourth-order valence-electron chi connectivity index (χ4n) is 2.04. The summed E-state index contributed by atoms with van der Waals surface area (Å²) in [5.74, 6) is 0.00728. The molecule has 0 fully saturated rings. The van der Waals surface area contributed by atoms with Crippen molar-refractivity contribution >= 4 is 17.5 Å². The lowest BCUT2D eigenvalue weighted by atomic mass is 10.1. The Bertz CT molecular complexity index is 661. The molecule has 2 aromatic carbocycles. The van der Waals surface area contributed by atoms with Crippen molar-refractivity contribution in [1.82, 2.24) is 5.32 Å². The van der Waals surface area contributed by atoms with E-state index in [1.54, 1.807) is 6.07 Å². The second-order valence-corrected chi connectivity index (χ2v) is 5.17. The monoisotopic (exact) mass is 321 g/mol. The number of nitrogens with one attached hydrogen (secondary N) is 1. The molecule has 0 radical (unpaired) electrons. The van der Waals surface area contributed by atoms with Crippen molar-refractivity contribution in [2.24, 2.45) is 0 Å². The summed E-state index contributed by atoms with van der Waals surface area (Å²) in [5.41, 5.74) is 1.20. The Labute approximate surface area is 134 Å². The standard InChI is InChI=1S/C17H17ClFNO2/c1-2-22-16-6-4-3-5-13(16)11-20-17(21)9-12-7-8-14(18)10-15(12)19/h3-8,10H,2,9,11H2,1H3,(H,20,21). The van der Waals surface area contributed by atoms with Crippen molar-refractivity contribution in [2.45, 2.75) is 19.9 Å². The molecular formula is C17H17ClFNO2. The van der Waals surface area contributed by atoms with Gasteiger partial charge in [0.1, 0.15) is 11.6 Å². The van der Waals surface area contributed by atoms with Crippen LogP contribution in [0.15, 0.2) is 42.5 Å². The average Bonchev–Trinajstić information content (AvgIpc) is 2.49. The van der Waals surface area contributed by atoms with E-state index in [-0.39, 0.29) is 12.3 Å². The first-order valence-corrected chi connectivity index (χ1v) is 7.39. The molecular weight excluding hydrogens is 305 g/mol. The van der Waals surface area contributed by atoms with Gasteiger partial charge in [0.25, 0.3) is 0 Å². The molecule has 0 atom stereocenters. The van der Waals surface area contributed by atoms with E-state index >= 15 is 0 Å². The number of para-hydroxylation sites is 1. The quantitative estimate of drug-likeness (QED) is 0.880. The van der Waals surface area contributed by atoms with Crippen LogP contribution >= 0.6 is 11.6 Å². The number of carbonyl (C=O) groups excluding carboxylic acids is 1. The maximum Gasteiger partial charge on any atom is 0.224 e. The lowest BCUT2D eigenvalue weighted by Crippen LogP contribution is -2.25. The van der Waals surface area contributed by atoms with Crippen LogP contribution in [-0.4, -0.2) is 12.5 Å². The average molecular weight is 322 g/mol. The minimum absolute atomic E-state index is 0.0280. The number of rotatable bonds is 6. The van der Waals surface area contributed by atoms with E-state index < -0.39 is 5.82 Å². The van der Waals surface area contributed by atoms with Gasteiger partial charge in [-0.3, -0.25) is 4.79 Å². The maximum absolute atomic E-state index is 13.7. The Morgan fingerprint density at radius 2 is 2.00 bits per heavy atom. The second-order valence-electron chi connectivity index (χ2n) is 4.73. The van der Waals surface area contributed by atoms with Crippen molar-refractivity contribution in [1.29, 1.82) is 0 Å². The Morgan fingerprint density at radius 1 is 1.23 bits per heavy atom. The Hall–Kier alpha value is -2.07. The summed E-state index contributed by atoms with van der Waals surface area (Å²) in [4.78, 5) is 11.9. The Morgan fingerprint density at radius 3 is 2.73 bits per heavy atom. The molecule has 1 N–H and O–H groups in total. The zero-order chi connectivity index (χ0) is 15.9. The van der Waals surface area contributed by atoms with Gasteiger partial charge in [-0.25, -0.2) is 4.39 Å². The van der Waals surface area contributed by atoms with Gasteiger partial charge < -0.3 is 10.1 Å². The molecule has 0 saturated heterocycles. The van der Waals surface area contributed by atoms with E-state index in [0.717, 1.165) is 11.3 Å². The van der Waals surface area contributed by atoms with Gasteiger partial charge in [0.2, 0.25) is 5.91 Å². The van der Waals surface area contributed by atoms with E-state index in [9.17, 15) is 9.18 Å². The SMILES string of the molecule is CCOc1ccccc1CNC(=O)Cc1ccc(Cl)cc1F. The lowest BCUT2D eigenvalue weighted by molar-refractivity contribution is -0.120. The first-order chi connectivity index (χ1) is 10.6. The van der Waals surface area contributed by atoms with E-state index in [0.29, 0.717) is 23.7 Å². The van der Waals surface area contributed by atoms with Crippen LogP contribution in [0.5, 0.6) is 5.75 Å². The normalized spacial score (nSPS) is 10.3. The second kappa shape index (κ2) is 7.80. The highest BCUT2D eigenvalue weighted by molar-refractivity contribution is 6.30. The molecule has 0 spiro atoms. The molecule has 5 heteroatoms. The van der Waals surface area contributed by atoms with Crippen LogP contribution in [0.2, 0.25) is 5.02 Å². The fourth-order valence-corrected chi connectivity index (χ4v) is 2.20. The van der Waals surface area contributed by atoms with Crippen molar-refractivity contribution in [2.75, 3.05) is 6.61 Å². The smallest absolute Gasteiger partial charge is 0.224 e. The minimum atomic E-state index is -0.475. The summed E-state index contributed by atoms with van der Waals surface area (Å²) in [6.45, 7) is 2.80. The largest absolute Gasteiger partial charge is 0.494 e. The highest BCUT2D eigenvalue weighted by atomic mass is 35.5. The summed E-state index contributed by atoms with van der Waals surface area (Å²) >= 11 is 5.69. The number of halogens is 2. The molecule has 116 valence electrons. The third-order valence-corrected chi connectivity index (χ3v) is 3.35. The van der Waals surface area contributed by atoms with E-state index in [4.69, 9.17) is 16.3 Å². The van der Waals surface area contributed by atoms with Gasteiger partial charge in [-0.2, -0.15) is 0 Å². The first-order valence-electron chi connectivity index (χ1n) is 7.01. The zero-order valence-corrected chi connectivity index (χ0v) is 13.0. The van der Waals surface area contributed by atoms with Gasteiger partial charge in [0.15, 0.2) is 0 Å². The molecule has 0 aliphatic heterocycles. The number of hydrogen-bond donors (Lipinski definition) is 1. The van der Waals surface area contributed by atoms with Gasteiger partial charge >= 0.3 is 0 Å². The van der Waals surface area contributed by atoms with Crippen LogP contribution in [0.1, 0.15) is 18.1 Å². The molecule has 0 unspecified atom stereocenters. The maximum atomic E-state index is 13.7. The highest BCUT2D eigenvalue weighted by Gasteiger charge is 2.10. The van der Waals surface area contributed by atoms with Crippen LogP contribution in [0.4, 0.5) is 4.39 Å². The first kappa shape index (κ1) is 16.3. The summed E-state index contributed by atoms with van der Waals surface area (Å²) in [7, 11) is 0. The number of benzene rings is 2. The molecule has 0 bridgehead atoms. The zero-order valence-electron chi connectivity index (χ0n) is 12.2. The van der Waals surface area contributed by atoms with E-state index in [1.165, 1.54) is 12.1 Å². The molecule has 0 aliphatic carbocycles. The number of hydrogen-bond acceptors (Lipinski definition) is 2. The van der Waals surface area contributed by atoms with E-state index in [1.807, 2.05) is 31.2 Å². The molecule has 0 saturated carbocycles. The van der Waals surface area contributed by atoms with Crippen molar-refractivity contribution in [3.8, 4) is 5.75 Å². The lowest BCUT2D eigenvalue weighted by Gasteiger charge is -2.11. The summed E-state index contributed by atoms with van der Waals surface area (Å²) in [6, 6.07) is 11.8. The van der Waals surface area contributed by atoms with Gasteiger partial charge in [-0.15, -0.1) is 0 Å². The summed E-state index contributed by atoms with van der Waals surface area (Å²) in [6.07, 6.45) is -0.0280. The molecule has 0 aliphatic rings. The molecule has 0 aromatic heterocycles. The third kappa shape index (κ3) is 4.46. The predicted octanol–water partition coefficient (Wildman–Crippen LogP) is 3.74. The molecule has 2 rings (SSSR count). The highest BCUT2D eigenvalue weighted by Crippen LogP contribution is 2.18. The van der Waals surface area contributed by atoms with Gasteiger partial charge in [0, 0.05) is 17.1 Å². The van der Waals surface area contributed by atoms with Crippen LogP contribution in [-0.2, 0) is 17.8 Å². The Kier molecular flexibility index (Phi) is 5.78. The molecule has 0 heterocycles. The van der Waals surface area contributed by atoms with Crippen LogP contribution in [0, 0.1) is 5.82 Å².